The van der Waals surface area contributed by atoms with Gasteiger partial charge in [0.25, 0.3) is 5.91 Å². The van der Waals surface area contributed by atoms with Crippen molar-refractivity contribution in [2.75, 3.05) is 13.2 Å². The van der Waals surface area contributed by atoms with E-state index in [-0.39, 0.29) is 31.4 Å². The Kier molecular flexibility index (Phi) is 8.36. The van der Waals surface area contributed by atoms with Crippen molar-refractivity contribution in [2.45, 2.75) is 32.6 Å². The van der Waals surface area contributed by atoms with Gasteiger partial charge in [0, 0.05) is 11.6 Å². The molecule has 1 atom stereocenters. The fourth-order valence-corrected chi connectivity index (χ4v) is 2.95. The van der Waals surface area contributed by atoms with E-state index in [4.69, 9.17) is 0 Å². The van der Waals surface area contributed by atoms with Crippen LogP contribution in [0.4, 0.5) is 0 Å². The second kappa shape index (κ2) is 11.0. The maximum Gasteiger partial charge on any atom is 0.254 e. The summed E-state index contributed by atoms with van der Waals surface area (Å²) in [6.45, 7) is 1.91. The molecule has 0 radical (unpaired) electrons. The molecular formula is C20H26N4O4. The van der Waals surface area contributed by atoms with E-state index >= 15 is 0 Å². The Bertz CT molecular complexity index is 806. The maximum absolute atomic E-state index is 12.4. The molecule has 0 unspecified atom stereocenters. The minimum Gasteiger partial charge on any atom is -0.338 e. The Morgan fingerprint density at radius 3 is 2.75 bits per heavy atom. The van der Waals surface area contributed by atoms with E-state index < -0.39 is 5.92 Å². The molecule has 0 fully saturated rings. The third-order valence-corrected chi connectivity index (χ3v) is 4.44. The van der Waals surface area contributed by atoms with Gasteiger partial charge in [0.1, 0.15) is 0 Å². The first-order valence-electron chi connectivity index (χ1n) is 9.37. The first-order chi connectivity index (χ1) is 13.6. The molecule has 2 rings (SSSR count). The second-order valence-corrected chi connectivity index (χ2v) is 6.52. The van der Waals surface area contributed by atoms with Crippen LogP contribution in [0.3, 0.4) is 0 Å². The zero-order valence-corrected chi connectivity index (χ0v) is 15.9. The Hall–Kier alpha value is -3.00. The average Bonchev–Trinajstić information content (AvgIpc) is 2.72. The van der Waals surface area contributed by atoms with Crippen LogP contribution >= 0.6 is 0 Å². The van der Waals surface area contributed by atoms with E-state index in [0.717, 1.165) is 24.6 Å². The van der Waals surface area contributed by atoms with Crippen molar-refractivity contribution in [1.82, 2.24) is 20.7 Å². The van der Waals surface area contributed by atoms with Gasteiger partial charge in [-0.05, 0) is 18.6 Å². The van der Waals surface area contributed by atoms with Gasteiger partial charge in [-0.25, -0.2) is 5.06 Å². The Morgan fingerprint density at radius 2 is 2.00 bits per heavy atom. The monoisotopic (exact) mass is 386 g/mol. The number of para-hydroxylation sites is 1. The summed E-state index contributed by atoms with van der Waals surface area (Å²) in [4.78, 5) is 39.7. The number of pyridine rings is 1. The highest BCUT2D eigenvalue weighted by molar-refractivity contribution is 6.05. The van der Waals surface area contributed by atoms with E-state index in [1.165, 1.54) is 0 Å². The van der Waals surface area contributed by atoms with Crippen LogP contribution in [-0.4, -0.2) is 46.7 Å². The predicted molar refractivity (Wildman–Crippen MR) is 104 cm³/mol. The van der Waals surface area contributed by atoms with Crippen molar-refractivity contribution in [2.24, 2.45) is 5.92 Å². The zero-order valence-electron chi connectivity index (χ0n) is 15.9. The standard InChI is InChI=1S/C20H26N4O4/c1-2-3-4-7-16(12-24(28)14-25)19(26)22-13-23-20(27)17-10-5-8-15-9-6-11-21-18(15)17/h5-6,8-11,14,16,28H,2-4,7,12-13H2,1H3,(H,22,26)(H,23,27)/t16-/m1/s1. The highest BCUT2D eigenvalue weighted by Gasteiger charge is 2.20. The van der Waals surface area contributed by atoms with Gasteiger partial charge in [0.2, 0.25) is 12.3 Å². The molecule has 0 bridgehead atoms. The zero-order chi connectivity index (χ0) is 20.4. The third-order valence-electron chi connectivity index (χ3n) is 4.44. The number of hydrogen-bond donors (Lipinski definition) is 3. The van der Waals surface area contributed by atoms with Gasteiger partial charge >= 0.3 is 0 Å². The molecule has 0 saturated carbocycles. The number of carbonyl (C=O) groups excluding carboxylic acids is 3. The maximum atomic E-state index is 12.4. The highest BCUT2D eigenvalue weighted by Crippen LogP contribution is 2.15. The fraction of sp³-hybridized carbons (Fsp3) is 0.400. The minimum absolute atomic E-state index is 0.0579. The van der Waals surface area contributed by atoms with Crippen molar-refractivity contribution in [1.29, 1.82) is 0 Å². The number of amides is 3. The molecule has 150 valence electrons. The molecule has 2 aromatic rings. The molecule has 3 N–H and O–H groups in total. The number of unbranched alkanes of at least 4 members (excludes halogenated alkanes) is 2. The molecule has 1 aromatic carbocycles. The van der Waals surface area contributed by atoms with Crippen LogP contribution in [0.15, 0.2) is 36.5 Å². The number of nitrogens with zero attached hydrogens (tertiary/aromatic N) is 2. The first-order valence-corrected chi connectivity index (χ1v) is 9.37. The van der Waals surface area contributed by atoms with Gasteiger partial charge in [-0.2, -0.15) is 0 Å². The molecule has 8 nitrogen and oxygen atoms in total. The molecule has 1 heterocycles. The summed E-state index contributed by atoms with van der Waals surface area (Å²) in [6.07, 6.45) is 5.22. The number of fused-ring (bicyclic) bond motifs is 1. The second-order valence-electron chi connectivity index (χ2n) is 6.52. The summed E-state index contributed by atoms with van der Waals surface area (Å²) in [7, 11) is 0. The first kappa shape index (κ1) is 21.3. The average molecular weight is 386 g/mol. The van der Waals surface area contributed by atoms with Crippen LogP contribution in [0.2, 0.25) is 0 Å². The lowest BCUT2D eigenvalue weighted by Gasteiger charge is -2.19. The molecule has 0 spiro atoms. The normalized spacial score (nSPS) is 11.6. The van der Waals surface area contributed by atoms with Gasteiger partial charge in [0.15, 0.2) is 0 Å². The number of carbonyl (C=O) groups is 3. The molecule has 1 aromatic heterocycles. The summed E-state index contributed by atoms with van der Waals surface area (Å²) < 4.78 is 0. The lowest BCUT2D eigenvalue weighted by atomic mass is 10.0. The van der Waals surface area contributed by atoms with Crippen molar-refractivity contribution in [3.63, 3.8) is 0 Å². The molecule has 0 aliphatic rings. The van der Waals surface area contributed by atoms with Crippen LogP contribution in [0.25, 0.3) is 10.9 Å². The van der Waals surface area contributed by atoms with E-state index in [1.54, 1.807) is 24.4 Å². The lowest BCUT2D eigenvalue weighted by molar-refractivity contribution is -0.154. The molecule has 28 heavy (non-hydrogen) atoms. The molecule has 0 aliphatic heterocycles. The smallest absolute Gasteiger partial charge is 0.254 e. The number of aromatic nitrogens is 1. The van der Waals surface area contributed by atoms with Gasteiger partial charge in [-0.15, -0.1) is 0 Å². The van der Waals surface area contributed by atoms with E-state index in [2.05, 4.69) is 22.5 Å². The SMILES string of the molecule is CCCCC[C@H](CN(O)C=O)C(=O)NCNC(=O)c1cccc2cccnc12. The minimum atomic E-state index is -0.544. The molecule has 8 heteroatoms. The van der Waals surface area contributed by atoms with Crippen LogP contribution in [0.1, 0.15) is 43.0 Å². The van der Waals surface area contributed by atoms with Gasteiger partial charge < -0.3 is 10.6 Å². The van der Waals surface area contributed by atoms with E-state index in [0.29, 0.717) is 22.6 Å². The lowest BCUT2D eigenvalue weighted by Crippen LogP contribution is -2.43. The van der Waals surface area contributed by atoms with Crippen LogP contribution < -0.4 is 10.6 Å². The van der Waals surface area contributed by atoms with Crippen molar-refractivity contribution in [3.8, 4) is 0 Å². The quantitative estimate of drug-likeness (QED) is 0.180. The third kappa shape index (κ3) is 6.02. The summed E-state index contributed by atoms with van der Waals surface area (Å²) in [6, 6.07) is 8.99. The van der Waals surface area contributed by atoms with Crippen LogP contribution in [-0.2, 0) is 9.59 Å². The van der Waals surface area contributed by atoms with Crippen molar-refractivity contribution < 1.29 is 19.6 Å². The Labute approximate surface area is 163 Å². The van der Waals surface area contributed by atoms with Crippen molar-refractivity contribution >= 4 is 29.1 Å². The summed E-state index contributed by atoms with van der Waals surface area (Å²) in [5.41, 5.74) is 1.02. The van der Waals surface area contributed by atoms with Crippen LogP contribution in [0, 0.1) is 5.92 Å². The number of benzene rings is 1. The van der Waals surface area contributed by atoms with E-state index in [1.807, 2.05) is 12.1 Å². The summed E-state index contributed by atoms with van der Waals surface area (Å²) >= 11 is 0. The summed E-state index contributed by atoms with van der Waals surface area (Å²) in [5.74, 6) is -1.21. The summed E-state index contributed by atoms with van der Waals surface area (Å²) in [5, 5.41) is 16.0. The number of hydroxylamine groups is 2. The van der Waals surface area contributed by atoms with E-state index in [9.17, 15) is 19.6 Å². The number of nitrogens with one attached hydrogen (secondary N) is 2. The molecule has 0 saturated heterocycles. The van der Waals surface area contributed by atoms with Crippen LogP contribution in [0.5, 0.6) is 0 Å². The number of hydrogen-bond acceptors (Lipinski definition) is 5. The van der Waals surface area contributed by atoms with Gasteiger partial charge in [-0.3, -0.25) is 24.6 Å². The highest BCUT2D eigenvalue weighted by atomic mass is 16.5. The topological polar surface area (TPSA) is 112 Å². The van der Waals surface area contributed by atoms with Gasteiger partial charge in [0.05, 0.1) is 30.2 Å². The fourth-order valence-electron chi connectivity index (χ4n) is 2.95. The Balaban J connectivity index is 1.92. The number of rotatable bonds is 11. The predicted octanol–water partition coefficient (Wildman–Crippen LogP) is 2.08. The van der Waals surface area contributed by atoms with Gasteiger partial charge in [-0.1, -0.05) is 44.4 Å². The molecular weight excluding hydrogens is 360 g/mol. The van der Waals surface area contributed by atoms with Crippen molar-refractivity contribution in [3.05, 3.63) is 42.1 Å². The molecule has 0 aliphatic carbocycles. The molecule has 3 amide bonds. The Morgan fingerprint density at radius 1 is 1.21 bits per heavy atom. The largest absolute Gasteiger partial charge is 0.338 e.